The van der Waals surface area contributed by atoms with Crippen LogP contribution in [0.3, 0.4) is 0 Å². The molecule has 0 heterocycles. The molecule has 110 valence electrons. The maximum Gasteiger partial charge on any atom is 0.307 e. The maximum absolute atomic E-state index is 13.5. The number of benzene rings is 1. The molecule has 1 rings (SSSR count). The van der Waals surface area contributed by atoms with E-state index in [1.165, 1.54) is 31.3 Å². The van der Waals surface area contributed by atoms with Gasteiger partial charge < -0.3 is 14.4 Å². The number of nitrogens with zero attached hydrogens (tertiary/aromatic N) is 1. The molecular formula is C14H18FNO4. The number of hydrogen-bond acceptors (Lipinski definition) is 4. The summed E-state index contributed by atoms with van der Waals surface area (Å²) in [6.45, 7) is 0.268. The first kappa shape index (κ1) is 15.9. The molecule has 5 nitrogen and oxygen atoms in total. The molecule has 0 fully saturated rings. The summed E-state index contributed by atoms with van der Waals surface area (Å²) < 4.78 is 22.8. The van der Waals surface area contributed by atoms with Crippen molar-refractivity contribution in [1.29, 1.82) is 0 Å². The van der Waals surface area contributed by atoms with Crippen molar-refractivity contribution in [3.05, 3.63) is 29.6 Å². The lowest BCUT2D eigenvalue weighted by Crippen LogP contribution is -2.30. The Morgan fingerprint density at radius 3 is 2.55 bits per heavy atom. The number of carbonyl (C=O) groups is 2. The number of hydrogen-bond donors (Lipinski definition) is 0. The van der Waals surface area contributed by atoms with Crippen molar-refractivity contribution in [2.75, 3.05) is 27.8 Å². The van der Waals surface area contributed by atoms with Crippen LogP contribution in [-0.4, -0.2) is 44.6 Å². The summed E-state index contributed by atoms with van der Waals surface area (Å²) in [6.07, 6.45) is 0.203. The fourth-order valence-corrected chi connectivity index (χ4v) is 1.62. The zero-order valence-corrected chi connectivity index (χ0v) is 11.8. The summed E-state index contributed by atoms with van der Waals surface area (Å²) in [4.78, 5) is 24.3. The minimum Gasteiger partial charge on any atom is -0.494 e. The normalized spacial score (nSPS) is 10.0. The van der Waals surface area contributed by atoms with Crippen LogP contribution in [0.1, 0.15) is 12.0 Å². The van der Waals surface area contributed by atoms with Crippen LogP contribution in [0, 0.1) is 5.82 Å². The number of esters is 1. The van der Waals surface area contributed by atoms with Gasteiger partial charge in [0.1, 0.15) is 0 Å². The van der Waals surface area contributed by atoms with E-state index in [0.717, 1.165) is 0 Å². The summed E-state index contributed by atoms with van der Waals surface area (Å²) >= 11 is 0. The van der Waals surface area contributed by atoms with Gasteiger partial charge in [-0.3, -0.25) is 9.59 Å². The predicted octanol–water partition coefficient (Wildman–Crippen LogP) is 1.40. The van der Waals surface area contributed by atoms with Crippen molar-refractivity contribution in [2.24, 2.45) is 0 Å². The van der Waals surface area contributed by atoms with Crippen LogP contribution < -0.4 is 4.74 Å². The van der Waals surface area contributed by atoms with E-state index < -0.39 is 5.82 Å². The molecule has 0 aromatic heterocycles. The molecule has 0 aliphatic heterocycles. The molecule has 0 unspecified atom stereocenters. The van der Waals surface area contributed by atoms with Gasteiger partial charge in [0, 0.05) is 13.6 Å². The van der Waals surface area contributed by atoms with Crippen molar-refractivity contribution in [1.82, 2.24) is 4.90 Å². The molecule has 0 N–H and O–H groups in total. The van der Waals surface area contributed by atoms with Crippen molar-refractivity contribution in [3.8, 4) is 5.75 Å². The second-order valence-corrected chi connectivity index (χ2v) is 4.29. The van der Waals surface area contributed by atoms with Crippen LogP contribution >= 0.6 is 0 Å². The van der Waals surface area contributed by atoms with Gasteiger partial charge in [0.2, 0.25) is 5.91 Å². The molecule has 0 saturated carbocycles. The summed E-state index contributed by atoms with van der Waals surface area (Å²) in [7, 11) is 4.26. The third-order valence-electron chi connectivity index (χ3n) is 2.88. The average Bonchev–Trinajstić information content (AvgIpc) is 2.44. The molecule has 0 atom stereocenters. The summed E-state index contributed by atoms with van der Waals surface area (Å²) in [5.41, 5.74) is 0.554. The van der Waals surface area contributed by atoms with Crippen molar-refractivity contribution < 1.29 is 23.5 Å². The van der Waals surface area contributed by atoms with Crippen LogP contribution in [0.4, 0.5) is 4.39 Å². The van der Waals surface area contributed by atoms with Crippen LogP contribution in [0.2, 0.25) is 0 Å². The Balaban J connectivity index is 2.57. The number of likely N-dealkylation sites (N-methyl/N-ethyl adjacent to an activating group) is 1. The first-order valence-corrected chi connectivity index (χ1v) is 6.11. The first-order chi connectivity index (χ1) is 9.47. The maximum atomic E-state index is 13.5. The Hall–Kier alpha value is -2.11. The number of rotatable bonds is 6. The van der Waals surface area contributed by atoms with Crippen LogP contribution in [0.25, 0.3) is 0 Å². The highest BCUT2D eigenvalue weighted by molar-refractivity contribution is 5.79. The zero-order valence-electron chi connectivity index (χ0n) is 11.8. The molecule has 0 saturated heterocycles. The van der Waals surface area contributed by atoms with E-state index in [-0.39, 0.29) is 37.0 Å². The van der Waals surface area contributed by atoms with E-state index >= 15 is 0 Å². The molecule has 6 heteroatoms. The monoisotopic (exact) mass is 283 g/mol. The highest BCUT2D eigenvalue weighted by Crippen LogP contribution is 2.18. The van der Waals surface area contributed by atoms with E-state index in [9.17, 15) is 14.0 Å². The molecule has 1 amide bonds. The van der Waals surface area contributed by atoms with Gasteiger partial charge in [0.05, 0.1) is 27.1 Å². The van der Waals surface area contributed by atoms with Gasteiger partial charge in [-0.25, -0.2) is 4.39 Å². The predicted molar refractivity (Wildman–Crippen MR) is 70.9 cm³/mol. The van der Waals surface area contributed by atoms with E-state index in [4.69, 9.17) is 4.74 Å². The quantitative estimate of drug-likeness (QED) is 0.741. The Morgan fingerprint density at radius 1 is 1.30 bits per heavy atom. The molecule has 0 spiro atoms. The molecule has 20 heavy (non-hydrogen) atoms. The van der Waals surface area contributed by atoms with Crippen LogP contribution in [0.15, 0.2) is 18.2 Å². The SMILES string of the molecule is COC(=O)CCN(C)C(=O)Cc1ccc(OC)c(F)c1. The average molecular weight is 283 g/mol. The Kier molecular flexibility index (Phi) is 5.96. The first-order valence-electron chi connectivity index (χ1n) is 6.11. The number of amides is 1. The molecule has 1 aromatic rings. The molecule has 0 bridgehead atoms. The fourth-order valence-electron chi connectivity index (χ4n) is 1.62. The number of carbonyl (C=O) groups excluding carboxylic acids is 2. The van der Waals surface area contributed by atoms with Gasteiger partial charge >= 0.3 is 5.97 Å². The van der Waals surface area contributed by atoms with E-state index in [0.29, 0.717) is 5.56 Å². The number of methoxy groups -OCH3 is 2. The van der Waals surface area contributed by atoms with Crippen molar-refractivity contribution in [2.45, 2.75) is 12.8 Å². The Bertz CT molecular complexity index is 490. The standard InChI is InChI=1S/C14H18FNO4/c1-16(7-6-14(18)20-3)13(17)9-10-4-5-12(19-2)11(15)8-10/h4-5,8H,6-7,9H2,1-3H3. The van der Waals surface area contributed by atoms with Gasteiger partial charge in [-0.05, 0) is 17.7 Å². The second-order valence-electron chi connectivity index (χ2n) is 4.29. The molecule has 0 aliphatic rings. The minimum absolute atomic E-state index is 0.0680. The number of ether oxygens (including phenoxy) is 2. The van der Waals surface area contributed by atoms with Gasteiger partial charge in [-0.2, -0.15) is 0 Å². The van der Waals surface area contributed by atoms with Crippen molar-refractivity contribution in [3.63, 3.8) is 0 Å². The second kappa shape index (κ2) is 7.47. The lowest BCUT2D eigenvalue weighted by molar-refractivity contribution is -0.141. The zero-order chi connectivity index (χ0) is 15.1. The van der Waals surface area contributed by atoms with Gasteiger partial charge in [-0.1, -0.05) is 6.07 Å². The third-order valence-corrected chi connectivity index (χ3v) is 2.88. The highest BCUT2D eigenvalue weighted by atomic mass is 19.1. The van der Waals surface area contributed by atoms with E-state index in [1.807, 2.05) is 0 Å². The Labute approximate surface area is 117 Å². The molecular weight excluding hydrogens is 265 g/mol. The topological polar surface area (TPSA) is 55.8 Å². The Morgan fingerprint density at radius 2 is 2.00 bits per heavy atom. The lowest BCUT2D eigenvalue weighted by Gasteiger charge is -2.16. The lowest BCUT2D eigenvalue weighted by atomic mass is 10.1. The molecule has 0 radical (unpaired) electrons. The van der Waals surface area contributed by atoms with Crippen LogP contribution in [0.5, 0.6) is 5.75 Å². The largest absolute Gasteiger partial charge is 0.494 e. The van der Waals surface area contributed by atoms with Crippen molar-refractivity contribution >= 4 is 11.9 Å². The minimum atomic E-state index is -0.505. The third kappa shape index (κ3) is 4.53. The van der Waals surface area contributed by atoms with Gasteiger partial charge in [0.25, 0.3) is 0 Å². The molecule has 0 aliphatic carbocycles. The highest BCUT2D eigenvalue weighted by Gasteiger charge is 2.13. The fraction of sp³-hybridized carbons (Fsp3) is 0.429. The van der Waals surface area contributed by atoms with E-state index in [1.54, 1.807) is 13.1 Å². The number of halogens is 1. The smallest absolute Gasteiger partial charge is 0.307 e. The summed E-state index contributed by atoms with van der Waals surface area (Å²) in [6, 6.07) is 4.38. The van der Waals surface area contributed by atoms with Gasteiger partial charge in [0.15, 0.2) is 11.6 Å². The summed E-state index contributed by atoms with van der Waals surface area (Å²) in [5.74, 6) is -0.936. The van der Waals surface area contributed by atoms with Gasteiger partial charge in [-0.15, -0.1) is 0 Å². The molecule has 1 aromatic carbocycles. The van der Waals surface area contributed by atoms with E-state index in [2.05, 4.69) is 4.74 Å². The van der Waals surface area contributed by atoms with Crippen LogP contribution in [-0.2, 0) is 20.7 Å². The summed E-state index contributed by atoms with van der Waals surface area (Å²) in [5, 5.41) is 0.